The van der Waals surface area contributed by atoms with Crippen LogP contribution >= 0.6 is 11.6 Å². The van der Waals surface area contributed by atoms with Gasteiger partial charge in [0.05, 0.1) is 4.90 Å². The molecule has 1 fully saturated rings. The zero-order valence-corrected chi connectivity index (χ0v) is 13.0. The Balaban J connectivity index is 2.35. The Labute approximate surface area is 120 Å². The molecule has 0 saturated carbocycles. The number of nitrogens with zero attached hydrogens (tertiary/aromatic N) is 1. The molecular weight excluding hydrogens is 282 g/mol. The lowest BCUT2D eigenvalue weighted by Gasteiger charge is -2.30. The molecule has 0 amide bonds. The van der Waals surface area contributed by atoms with E-state index in [9.17, 15) is 8.42 Å². The van der Waals surface area contributed by atoms with E-state index in [4.69, 9.17) is 11.6 Å². The van der Waals surface area contributed by atoms with Gasteiger partial charge >= 0.3 is 0 Å². The minimum Gasteiger partial charge on any atom is -0.207 e. The fourth-order valence-electron chi connectivity index (χ4n) is 2.45. The van der Waals surface area contributed by atoms with Crippen molar-refractivity contribution in [2.75, 3.05) is 13.1 Å². The number of benzene rings is 1. The van der Waals surface area contributed by atoms with Crippen molar-refractivity contribution < 1.29 is 8.42 Å². The fraction of sp³-hybridized carbons (Fsp3) is 0.571. The third kappa shape index (κ3) is 2.96. The molecule has 1 aromatic rings. The average molecular weight is 302 g/mol. The number of hydrogen-bond donors (Lipinski definition) is 0. The second-order valence-electron chi connectivity index (χ2n) is 5.26. The molecule has 0 N–H and O–H groups in total. The predicted molar refractivity (Wildman–Crippen MR) is 77.9 cm³/mol. The first-order chi connectivity index (χ1) is 8.96. The Bertz CT molecular complexity index is 549. The van der Waals surface area contributed by atoms with E-state index in [-0.39, 0.29) is 0 Å². The summed E-state index contributed by atoms with van der Waals surface area (Å²) in [6.07, 6.45) is 1.88. The van der Waals surface area contributed by atoms with Gasteiger partial charge in [0.2, 0.25) is 10.0 Å². The van der Waals surface area contributed by atoms with Gasteiger partial charge in [-0.1, -0.05) is 19.1 Å². The van der Waals surface area contributed by atoms with Gasteiger partial charge < -0.3 is 0 Å². The Morgan fingerprint density at radius 1 is 1.32 bits per heavy atom. The largest absolute Gasteiger partial charge is 0.243 e. The molecule has 19 heavy (non-hydrogen) atoms. The maximum absolute atomic E-state index is 12.7. The number of sulfonamides is 1. The molecule has 1 aliphatic heterocycles. The van der Waals surface area contributed by atoms with Gasteiger partial charge in [0, 0.05) is 19.0 Å². The van der Waals surface area contributed by atoms with E-state index in [0.717, 1.165) is 24.0 Å². The van der Waals surface area contributed by atoms with Gasteiger partial charge in [0.1, 0.15) is 0 Å². The molecular formula is C14H20ClNO2S. The van der Waals surface area contributed by atoms with Crippen LogP contribution in [-0.2, 0) is 15.9 Å². The van der Waals surface area contributed by atoms with Crippen molar-refractivity contribution in [3.63, 3.8) is 0 Å². The molecule has 0 aliphatic carbocycles. The summed E-state index contributed by atoms with van der Waals surface area (Å²) in [5.74, 6) is 0.952. The summed E-state index contributed by atoms with van der Waals surface area (Å²) in [5.41, 5.74) is 1.66. The van der Waals surface area contributed by atoms with Crippen molar-refractivity contribution in [2.24, 2.45) is 5.92 Å². The summed E-state index contributed by atoms with van der Waals surface area (Å²) in [7, 11) is -3.37. The molecule has 5 heteroatoms. The summed E-state index contributed by atoms with van der Waals surface area (Å²) in [5, 5.41) is 0. The Hall–Kier alpha value is -0.580. The first-order valence-electron chi connectivity index (χ1n) is 6.61. The van der Waals surface area contributed by atoms with Crippen LogP contribution in [0.25, 0.3) is 0 Å². The molecule has 0 bridgehead atoms. The maximum Gasteiger partial charge on any atom is 0.243 e. The van der Waals surface area contributed by atoms with E-state index in [2.05, 4.69) is 6.92 Å². The van der Waals surface area contributed by atoms with Crippen molar-refractivity contribution in [3.05, 3.63) is 29.3 Å². The van der Waals surface area contributed by atoms with Crippen LogP contribution in [0.1, 0.15) is 30.9 Å². The Kier molecular flexibility index (Phi) is 4.54. The van der Waals surface area contributed by atoms with Crippen molar-refractivity contribution in [1.29, 1.82) is 0 Å². The molecule has 1 heterocycles. The van der Waals surface area contributed by atoms with Crippen LogP contribution < -0.4 is 0 Å². The SMILES string of the molecule is Cc1c(CCl)cccc1S(=O)(=O)N1CCC(C)CC1. The van der Waals surface area contributed by atoms with E-state index in [0.29, 0.717) is 29.8 Å². The lowest BCUT2D eigenvalue weighted by Crippen LogP contribution is -2.38. The summed E-state index contributed by atoms with van der Waals surface area (Å²) in [6.45, 7) is 5.24. The molecule has 1 aromatic carbocycles. The lowest BCUT2D eigenvalue weighted by molar-refractivity contribution is 0.288. The van der Waals surface area contributed by atoms with Crippen LogP contribution in [-0.4, -0.2) is 25.8 Å². The highest BCUT2D eigenvalue weighted by molar-refractivity contribution is 7.89. The second kappa shape index (κ2) is 5.81. The highest BCUT2D eigenvalue weighted by atomic mass is 35.5. The Morgan fingerprint density at radius 2 is 1.95 bits per heavy atom. The molecule has 2 rings (SSSR count). The second-order valence-corrected chi connectivity index (χ2v) is 7.43. The summed E-state index contributed by atoms with van der Waals surface area (Å²) >= 11 is 5.85. The average Bonchev–Trinajstić information content (AvgIpc) is 2.39. The molecule has 1 saturated heterocycles. The number of alkyl halides is 1. The zero-order valence-electron chi connectivity index (χ0n) is 11.4. The first kappa shape index (κ1) is 14.8. The minimum atomic E-state index is -3.37. The molecule has 0 atom stereocenters. The van der Waals surface area contributed by atoms with Crippen LogP contribution in [0.5, 0.6) is 0 Å². The lowest BCUT2D eigenvalue weighted by atomic mass is 10.0. The number of halogens is 1. The molecule has 3 nitrogen and oxygen atoms in total. The highest BCUT2D eigenvalue weighted by Gasteiger charge is 2.29. The normalized spacial score (nSPS) is 18.7. The van der Waals surface area contributed by atoms with Crippen molar-refractivity contribution >= 4 is 21.6 Å². The third-order valence-electron chi connectivity index (χ3n) is 3.90. The predicted octanol–water partition coefficient (Wildman–Crippen LogP) is 3.15. The standard InChI is InChI=1S/C14H20ClNO2S/c1-11-6-8-16(9-7-11)19(17,18)14-5-3-4-13(10-15)12(14)2/h3-5,11H,6-10H2,1-2H3. The molecule has 0 unspecified atom stereocenters. The molecule has 0 radical (unpaired) electrons. The minimum absolute atomic E-state index is 0.340. The van der Waals surface area contributed by atoms with Crippen LogP contribution in [0.2, 0.25) is 0 Å². The molecule has 0 spiro atoms. The number of hydrogen-bond acceptors (Lipinski definition) is 2. The van der Waals surface area contributed by atoms with Crippen molar-refractivity contribution in [2.45, 2.75) is 37.5 Å². The van der Waals surface area contributed by atoms with E-state index < -0.39 is 10.0 Å². The monoisotopic (exact) mass is 301 g/mol. The summed E-state index contributed by atoms with van der Waals surface area (Å²) < 4.78 is 26.9. The maximum atomic E-state index is 12.7. The van der Waals surface area contributed by atoms with Crippen molar-refractivity contribution in [1.82, 2.24) is 4.31 Å². The number of rotatable bonds is 3. The molecule has 0 aromatic heterocycles. The van der Waals surface area contributed by atoms with E-state index in [1.807, 2.05) is 13.0 Å². The third-order valence-corrected chi connectivity index (χ3v) is 6.23. The fourth-order valence-corrected chi connectivity index (χ4v) is 4.48. The quantitative estimate of drug-likeness (QED) is 0.804. The van der Waals surface area contributed by atoms with E-state index in [1.165, 1.54) is 0 Å². The first-order valence-corrected chi connectivity index (χ1v) is 8.59. The zero-order chi connectivity index (χ0) is 14.0. The summed E-state index contributed by atoms with van der Waals surface area (Å²) in [4.78, 5) is 0.403. The van der Waals surface area contributed by atoms with Gasteiger partial charge in [-0.3, -0.25) is 0 Å². The smallest absolute Gasteiger partial charge is 0.207 e. The van der Waals surface area contributed by atoms with Gasteiger partial charge in [0.15, 0.2) is 0 Å². The van der Waals surface area contributed by atoms with Gasteiger partial charge in [-0.15, -0.1) is 11.6 Å². The van der Waals surface area contributed by atoms with Crippen molar-refractivity contribution in [3.8, 4) is 0 Å². The van der Waals surface area contributed by atoms with E-state index in [1.54, 1.807) is 16.4 Å². The van der Waals surface area contributed by atoms with Gasteiger partial charge in [-0.25, -0.2) is 8.42 Å². The van der Waals surface area contributed by atoms with E-state index >= 15 is 0 Å². The topological polar surface area (TPSA) is 37.4 Å². The summed E-state index contributed by atoms with van der Waals surface area (Å²) in [6, 6.07) is 5.32. The molecule has 1 aliphatic rings. The molecule has 106 valence electrons. The highest BCUT2D eigenvalue weighted by Crippen LogP contribution is 2.27. The van der Waals surface area contributed by atoms with Gasteiger partial charge in [-0.05, 0) is 42.9 Å². The van der Waals surface area contributed by atoms with Crippen LogP contribution in [0.4, 0.5) is 0 Å². The Morgan fingerprint density at radius 3 is 2.53 bits per heavy atom. The van der Waals surface area contributed by atoms with Gasteiger partial charge in [0.25, 0.3) is 0 Å². The van der Waals surface area contributed by atoms with Crippen LogP contribution in [0.3, 0.4) is 0 Å². The van der Waals surface area contributed by atoms with Gasteiger partial charge in [-0.2, -0.15) is 4.31 Å². The number of piperidine rings is 1. The van der Waals surface area contributed by atoms with Crippen LogP contribution in [0.15, 0.2) is 23.1 Å². The van der Waals surface area contributed by atoms with Crippen LogP contribution in [0, 0.1) is 12.8 Å².